The Hall–Kier alpha value is -2.02. The number of carbonyl (C=O) groups is 2. The molecule has 0 radical (unpaired) electrons. The summed E-state index contributed by atoms with van der Waals surface area (Å²) in [6, 6.07) is 0. The van der Waals surface area contributed by atoms with Crippen LogP contribution < -0.4 is 0 Å². The van der Waals surface area contributed by atoms with Gasteiger partial charge in [0.1, 0.15) is 55.4 Å². The number of ether oxygens (including phenoxy) is 6. The van der Waals surface area contributed by atoms with Crippen LogP contribution in [0.4, 0.5) is 0 Å². The molecule has 392 valence electrons. The van der Waals surface area contributed by atoms with Crippen LogP contribution in [0.15, 0.2) is 24.3 Å². The Labute approximate surface area is 403 Å². The smallest absolute Gasteiger partial charge is 0.306 e. The molecule has 7 N–H and O–H groups in total. The van der Waals surface area contributed by atoms with E-state index in [0.29, 0.717) is 12.8 Å². The molecule has 15 heteroatoms. The predicted octanol–water partition coefficient (Wildman–Crippen LogP) is 7.55. The van der Waals surface area contributed by atoms with Crippen molar-refractivity contribution in [2.75, 3.05) is 26.4 Å². The van der Waals surface area contributed by atoms with E-state index in [2.05, 4.69) is 38.2 Å². The van der Waals surface area contributed by atoms with Crippen LogP contribution in [0.25, 0.3) is 0 Å². The molecule has 2 aliphatic heterocycles. The standard InChI is InChI=1S/C52H94O15/c1-3-5-7-9-11-13-15-17-18-19-20-21-22-23-25-27-29-31-33-35-44(55)65-40(37-62-43(54)34-32-30-28-26-24-16-14-12-10-8-6-4-2)38-63-51-50(61)48(59)46(57)42(67-51)39-64-52-49(60)47(58)45(56)41(36-53)66-52/h12,14,17-18,40-42,45-53,56-61H,3-11,13,15-16,19-39H2,1-2H3/b14-12-,18-17-. The van der Waals surface area contributed by atoms with E-state index in [1.165, 1.54) is 96.3 Å². The van der Waals surface area contributed by atoms with Crippen LogP contribution in [-0.4, -0.2) is 142 Å². The van der Waals surface area contributed by atoms with Gasteiger partial charge in [-0.05, 0) is 64.2 Å². The molecular weight excluding hydrogens is 865 g/mol. The van der Waals surface area contributed by atoms with Crippen molar-refractivity contribution >= 4 is 11.9 Å². The van der Waals surface area contributed by atoms with Gasteiger partial charge in [-0.2, -0.15) is 0 Å². The van der Waals surface area contributed by atoms with Crippen molar-refractivity contribution < 1.29 is 73.8 Å². The summed E-state index contributed by atoms with van der Waals surface area (Å²) >= 11 is 0. The molecule has 2 saturated heterocycles. The molecule has 0 spiro atoms. The van der Waals surface area contributed by atoms with Crippen molar-refractivity contribution in [3.8, 4) is 0 Å². The molecule has 11 unspecified atom stereocenters. The van der Waals surface area contributed by atoms with Gasteiger partial charge in [0.05, 0.1) is 19.8 Å². The Morgan fingerprint density at radius 3 is 1.34 bits per heavy atom. The van der Waals surface area contributed by atoms with E-state index in [0.717, 1.165) is 64.2 Å². The topological polar surface area (TPSA) is 231 Å². The first kappa shape index (κ1) is 61.1. The second kappa shape index (κ2) is 39.7. The average Bonchev–Trinajstić information content (AvgIpc) is 3.32. The monoisotopic (exact) mass is 959 g/mol. The minimum absolute atomic E-state index is 0.163. The zero-order chi connectivity index (χ0) is 48.9. The molecule has 2 aliphatic rings. The van der Waals surface area contributed by atoms with E-state index in [-0.39, 0.29) is 26.1 Å². The third-order valence-corrected chi connectivity index (χ3v) is 12.7. The summed E-state index contributed by atoms with van der Waals surface area (Å²) < 4.78 is 33.6. The minimum atomic E-state index is -1.76. The fourth-order valence-electron chi connectivity index (χ4n) is 8.26. The van der Waals surface area contributed by atoms with E-state index in [4.69, 9.17) is 28.4 Å². The molecule has 2 heterocycles. The van der Waals surface area contributed by atoms with Gasteiger partial charge in [-0.3, -0.25) is 9.59 Å². The third kappa shape index (κ3) is 27.8. The molecule has 2 rings (SSSR count). The zero-order valence-electron chi connectivity index (χ0n) is 41.4. The van der Waals surface area contributed by atoms with Crippen molar-refractivity contribution in [2.24, 2.45) is 0 Å². The number of rotatable bonds is 41. The van der Waals surface area contributed by atoms with E-state index in [1.54, 1.807) is 0 Å². The summed E-state index contributed by atoms with van der Waals surface area (Å²) in [5, 5.41) is 72.1. The van der Waals surface area contributed by atoms with Crippen molar-refractivity contribution in [2.45, 2.75) is 268 Å². The minimum Gasteiger partial charge on any atom is -0.462 e. The molecule has 0 amide bonds. The molecule has 15 nitrogen and oxygen atoms in total. The average molecular weight is 959 g/mol. The number of unbranched alkanes of at least 4 members (excludes halogenated alkanes) is 23. The lowest BCUT2D eigenvalue weighted by Crippen LogP contribution is -2.61. The lowest BCUT2D eigenvalue weighted by atomic mass is 9.98. The highest BCUT2D eigenvalue weighted by atomic mass is 16.7. The van der Waals surface area contributed by atoms with Crippen LogP contribution in [0.2, 0.25) is 0 Å². The van der Waals surface area contributed by atoms with Crippen LogP contribution in [0.3, 0.4) is 0 Å². The number of hydrogen-bond donors (Lipinski definition) is 7. The van der Waals surface area contributed by atoms with Crippen molar-refractivity contribution in [3.63, 3.8) is 0 Å². The number of aliphatic hydroxyl groups excluding tert-OH is 7. The first-order valence-electron chi connectivity index (χ1n) is 26.4. The van der Waals surface area contributed by atoms with Gasteiger partial charge in [-0.25, -0.2) is 0 Å². The molecule has 2 fully saturated rings. The van der Waals surface area contributed by atoms with Crippen molar-refractivity contribution in [1.82, 2.24) is 0 Å². The molecule has 0 bridgehead atoms. The quantitative estimate of drug-likeness (QED) is 0.0178. The van der Waals surface area contributed by atoms with Gasteiger partial charge in [0.2, 0.25) is 0 Å². The number of aliphatic hydroxyl groups is 7. The Balaban J connectivity index is 1.79. The maximum Gasteiger partial charge on any atom is 0.306 e. The lowest BCUT2D eigenvalue weighted by molar-refractivity contribution is -0.332. The van der Waals surface area contributed by atoms with Crippen LogP contribution in [-0.2, 0) is 38.0 Å². The van der Waals surface area contributed by atoms with Gasteiger partial charge in [-0.1, -0.05) is 147 Å². The molecule has 11 atom stereocenters. The van der Waals surface area contributed by atoms with Crippen LogP contribution >= 0.6 is 0 Å². The van der Waals surface area contributed by atoms with E-state index in [1.807, 2.05) is 0 Å². The molecule has 0 aromatic heterocycles. The summed E-state index contributed by atoms with van der Waals surface area (Å²) in [5.74, 6) is -0.933. The normalized spacial score (nSPS) is 26.1. The molecule has 0 aromatic rings. The Bertz CT molecular complexity index is 1270. The second-order valence-corrected chi connectivity index (χ2v) is 18.7. The lowest BCUT2D eigenvalue weighted by Gasteiger charge is -2.42. The van der Waals surface area contributed by atoms with Crippen LogP contribution in [0, 0.1) is 0 Å². The number of carbonyl (C=O) groups excluding carboxylic acids is 2. The highest BCUT2D eigenvalue weighted by molar-refractivity contribution is 5.70. The summed E-state index contributed by atoms with van der Waals surface area (Å²) in [6.07, 6.45) is 23.5. The SMILES string of the molecule is CCCCC/C=C\CCCCCCCC(=O)OCC(COC1OC(COC2OC(CO)C(O)C(O)C2O)C(O)C(O)C1O)OC(=O)CCCCCCCCCCC/C=C\CCCCCCCC. The first-order chi connectivity index (χ1) is 32.5. The molecular formula is C52H94O15. The molecule has 0 saturated carbocycles. The van der Waals surface area contributed by atoms with E-state index >= 15 is 0 Å². The predicted molar refractivity (Wildman–Crippen MR) is 257 cm³/mol. The van der Waals surface area contributed by atoms with Gasteiger partial charge in [0.15, 0.2) is 18.7 Å². The summed E-state index contributed by atoms with van der Waals surface area (Å²) in [5.41, 5.74) is 0. The summed E-state index contributed by atoms with van der Waals surface area (Å²) in [4.78, 5) is 25.7. The van der Waals surface area contributed by atoms with E-state index < -0.39 is 92.7 Å². The van der Waals surface area contributed by atoms with Crippen LogP contribution in [0.5, 0.6) is 0 Å². The zero-order valence-corrected chi connectivity index (χ0v) is 41.4. The second-order valence-electron chi connectivity index (χ2n) is 18.7. The highest BCUT2D eigenvalue weighted by Crippen LogP contribution is 2.26. The first-order valence-corrected chi connectivity index (χ1v) is 26.4. The van der Waals surface area contributed by atoms with E-state index in [9.17, 15) is 45.3 Å². The van der Waals surface area contributed by atoms with Crippen LogP contribution in [0.1, 0.15) is 200 Å². The molecule has 67 heavy (non-hydrogen) atoms. The van der Waals surface area contributed by atoms with Gasteiger partial charge in [0, 0.05) is 12.8 Å². The Morgan fingerprint density at radius 1 is 0.463 bits per heavy atom. The highest BCUT2D eigenvalue weighted by Gasteiger charge is 2.47. The van der Waals surface area contributed by atoms with Gasteiger partial charge in [0.25, 0.3) is 0 Å². The third-order valence-electron chi connectivity index (χ3n) is 12.7. The Morgan fingerprint density at radius 2 is 0.851 bits per heavy atom. The van der Waals surface area contributed by atoms with Crippen molar-refractivity contribution in [1.29, 1.82) is 0 Å². The molecule has 0 aliphatic carbocycles. The van der Waals surface area contributed by atoms with Crippen molar-refractivity contribution in [3.05, 3.63) is 24.3 Å². The number of hydrogen-bond acceptors (Lipinski definition) is 15. The van der Waals surface area contributed by atoms with Gasteiger partial charge >= 0.3 is 11.9 Å². The maximum atomic E-state index is 13.0. The summed E-state index contributed by atoms with van der Waals surface area (Å²) in [6.45, 7) is 2.56. The Kier molecular flexibility index (Phi) is 36.2. The fraction of sp³-hybridized carbons (Fsp3) is 0.885. The largest absolute Gasteiger partial charge is 0.462 e. The van der Waals surface area contributed by atoms with Gasteiger partial charge < -0.3 is 64.2 Å². The fourth-order valence-corrected chi connectivity index (χ4v) is 8.26. The van der Waals surface area contributed by atoms with Gasteiger partial charge in [-0.15, -0.1) is 0 Å². The number of esters is 2. The maximum absolute atomic E-state index is 13.0. The molecule has 0 aromatic carbocycles. The summed E-state index contributed by atoms with van der Waals surface area (Å²) in [7, 11) is 0. The number of allylic oxidation sites excluding steroid dienone is 4.